The maximum atomic E-state index is 13.2. The van der Waals surface area contributed by atoms with E-state index in [-0.39, 0.29) is 32.5 Å². The van der Waals surface area contributed by atoms with Gasteiger partial charge in [0.1, 0.15) is 18.8 Å². The fourth-order valence-electron chi connectivity index (χ4n) is 5.12. The third-order valence-corrected chi connectivity index (χ3v) is 7.30. The van der Waals surface area contributed by atoms with Crippen LogP contribution in [0.3, 0.4) is 0 Å². The fraction of sp³-hybridized carbons (Fsp3) is 0.519. The molecular weight excluding hydrogens is 548 g/mol. The van der Waals surface area contributed by atoms with Gasteiger partial charge in [-0.2, -0.15) is 4.91 Å². The highest BCUT2D eigenvalue weighted by atomic mass is 16.7. The van der Waals surface area contributed by atoms with Crippen LogP contribution in [0, 0.1) is 4.91 Å². The molecule has 1 heterocycles. The number of aliphatic hydroxyl groups is 2. The first-order valence-electron chi connectivity index (χ1n) is 13.5. The van der Waals surface area contributed by atoms with Crippen LogP contribution in [0.15, 0.2) is 76.1 Å². The molecule has 0 radical (unpaired) electrons. The summed E-state index contributed by atoms with van der Waals surface area (Å²) in [6.07, 6.45) is -6.26. The van der Waals surface area contributed by atoms with Gasteiger partial charge >= 0.3 is 6.09 Å². The summed E-state index contributed by atoms with van der Waals surface area (Å²) in [5.41, 5.74) is 19.5. The van der Waals surface area contributed by atoms with E-state index in [1.54, 1.807) is 0 Å². The number of nitroso groups, excluding NO2 is 1. The quantitative estimate of drug-likeness (QED) is 0.169. The number of carbonyl (C=O) groups is 1. The van der Waals surface area contributed by atoms with Crippen LogP contribution in [0.4, 0.5) is 4.79 Å². The molecule has 0 bridgehead atoms. The zero-order chi connectivity index (χ0) is 29.9. The number of ether oxygens (including phenoxy) is 3. The van der Waals surface area contributed by atoms with Crippen molar-refractivity contribution in [3.8, 4) is 0 Å². The zero-order valence-corrected chi connectivity index (χ0v) is 22.6. The van der Waals surface area contributed by atoms with E-state index in [2.05, 4.69) is 25.2 Å². The number of hydrogen-bond acceptors (Lipinski definition) is 10. The first-order valence-corrected chi connectivity index (χ1v) is 13.5. The molecule has 222 valence electrons. The van der Waals surface area contributed by atoms with Crippen LogP contribution in [0.25, 0.3) is 20.9 Å². The van der Waals surface area contributed by atoms with E-state index >= 15 is 0 Å². The number of nitrogens with zero attached hydrogens (tertiary/aromatic N) is 8. The largest absolute Gasteiger partial charge is 0.445 e. The Kier molecular flexibility index (Phi) is 11.1. The zero-order valence-electron chi connectivity index (χ0n) is 22.6. The summed E-state index contributed by atoms with van der Waals surface area (Å²) >= 11 is 0. The maximum absolute atomic E-state index is 13.2. The molecule has 8 atom stereocenters. The van der Waals surface area contributed by atoms with Crippen molar-refractivity contribution in [2.75, 3.05) is 6.54 Å². The number of benzene rings is 2. The van der Waals surface area contributed by atoms with Gasteiger partial charge in [0, 0.05) is 16.4 Å². The van der Waals surface area contributed by atoms with Crippen molar-refractivity contribution in [1.29, 1.82) is 0 Å². The molecule has 0 aromatic heterocycles. The van der Waals surface area contributed by atoms with Gasteiger partial charge in [0.2, 0.25) is 0 Å². The van der Waals surface area contributed by atoms with E-state index in [0.717, 1.165) is 11.1 Å². The molecule has 1 saturated heterocycles. The predicted molar refractivity (Wildman–Crippen MR) is 148 cm³/mol. The Morgan fingerprint density at radius 3 is 2.21 bits per heavy atom. The summed E-state index contributed by atoms with van der Waals surface area (Å²) in [6.45, 7) is 0.421. The van der Waals surface area contributed by atoms with Crippen molar-refractivity contribution < 1.29 is 29.2 Å². The third kappa shape index (κ3) is 7.95. The average Bonchev–Trinajstić information content (AvgIpc) is 3.01. The Balaban J connectivity index is 1.48. The first-order chi connectivity index (χ1) is 20.4. The van der Waals surface area contributed by atoms with Gasteiger partial charge in [-0.1, -0.05) is 76.1 Å². The monoisotopic (exact) mass is 580 g/mol. The first kappa shape index (κ1) is 30.7. The lowest BCUT2D eigenvalue weighted by Gasteiger charge is -2.43. The van der Waals surface area contributed by atoms with Crippen molar-refractivity contribution >= 4 is 6.09 Å². The molecule has 1 aliphatic carbocycles. The van der Waals surface area contributed by atoms with Gasteiger partial charge in [-0.15, -0.1) is 0 Å². The second-order valence-corrected chi connectivity index (χ2v) is 10.1. The molecule has 1 aliphatic heterocycles. The highest BCUT2D eigenvalue weighted by Crippen LogP contribution is 2.32. The molecule has 2 N–H and O–H groups in total. The van der Waals surface area contributed by atoms with E-state index < -0.39 is 54.9 Å². The van der Waals surface area contributed by atoms with E-state index in [9.17, 15) is 19.9 Å². The maximum Gasteiger partial charge on any atom is 0.410 e. The second kappa shape index (κ2) is 15.1. The third-order valence-electron chi connectivity index (χ3n) is 7.30. The number of azide groups is 2. The average molecular weight is 581 g/mol. The molecule has 15 heteroatoms. The molecule has 42 heavy (non-hydrogen) atoms. The van der Waals surface area contributed by atoms with Gasteiger partial charge in [-0.05, 0) is 41.5 Å². The van der Waals surface area contributed by atoms with Gasteiger partial charge in [0.25, 0.3) is 0 Å². The SMILES string of the molecule is [N-]=[N+]=N[C@H]1C[C@@H](N=[N+]=[N-])[C@H](O)[C@H](O)[C@@H]1O[C@H]1O[C@H](CN(Cc2ccccc2)C(=O)OCc2ccccc2)CC[C@H]1N=O. The summed E-state index contributed by atoms with van der Waals surface area (Å²) in [7, 11) is 0. The molecule has 0 unspecified atom stereocenters. The summed E-state index contributed by atoms with van der Waals surface area (Å²) < 4.78 is 17.6. The number of carbonyl (C=O) groups excluding carboxylic acids is 1. The second-order valence-electron chi connectivity index (χ2n) is 10.1. The fourth-order valence-corrected chi connectivity index (χ4v) is 5.12. The Bertz CT molecular complexity index is 1280. The summed E-state index contributed by atoms with van der Waals surface area (Å²) in [5.74, 6) is 0. The van der Waals surface area contributed by atoms with E-state index in [1.165, 1.54) is 4.90 Å². The van der Waals surface area contributed by atoms with Gasteiger partial charge in [0.05, 0.1) is 36.9 Å². The Morgan fingerprint density at radius 1 is 0.929 bits per heavy atom. The number of amides is 1. The molecule has 2 aromatic rings. The molecule has 15 nitrogen and oxygen atoms in total. The lowest BCUT2D eigenvalue weighted by molar-refractivity contribution is -0.254. The highest BCUT2D eigenvalue weighted by Gasteiger charge is 2.47. The summed E-state index contributed by atoms with van der Waals surface area (Å²) in [4.78, 5) is 31.8. The lowest BCUT2D eigenvalue weighted by atomic mass is 9.84. The Morgan fingerprint density at radius 2 is 1.57 bits per heavy atom. The lowest BCUT2D eigenvalue weighted by Crippen LogP contribution is -2.58. The number of hydrogen-bond donors (Lipinski definition) is 2. The van der Waals surface area contributed by atoms with Crippen LogP contribution in [-0.2, 0) is 27.4 Å². The number of rotatable bonds is 11. The summed E-state index contributed by atoms with van der Waals surface area (Å²) in [5, 5.41) is 31.5. The normalized spacial score (nSPS) is 28.9. The standard InChI is InChI=1S/C27H32N8O7/c28-33-30-21-13-22(31-34-29)25(24(37)23(21)36)42-26-20(32-39)12-11-19(41-26)15-35(14-17-7-3-1-4-8-17)27(38)40-16-18-9-5-2-6-10-18/h1-10,19-26,36-37H,11-16H2/t19-,20+,21+,22-,23-,24-,25+,26+/m0/s1. The minimum absolute atomic E-state index is 0.0822. The number of aliphatic hydroxyl groups excluding tert-OH is 2. The van der Waals surface area contributed by atoms with Crippen molar-refractivity contribution in [1.82, 2.24) is 4.90 Å². The van der Waals surface area contributed by atoms with E-state index in [1.807, 2.05) is 60.7 Å². The van der Waals surface area contributed by atoms with Crippen molar-refractivity contribution in [2.45, 2.75) is 81.2 Å². The predicted octanol–water partition coefficient (Wildman–Crippen LogP) is 4.33. The molecule has 2 aromatic carbocycles. The van der Waals surface area contributed by atoms with Crippen LogP contribution in [0.2, 0.25) is 0 Å². The highest BCUT2D eigenvalue weighted by molar-refractivity contribution is 5.67. The van der Waals surface area contributed by atoms with Crippen molar-refractivity contribution in [3.63, 3.8) is 0 Å². The topological polar surface area (TPSA) is 215 Å². The molecule has 1 amide bonds. The smallest absolute Gasteiger partial charge is 0.410 e. The molecular formula is C27H32N8O7. The van der Waals surface area contributed by atoms with Crippen LogP contribution in [-0.4, -0.2) is 76.6 Å². The van der Waals surface area contributed by atoms with Crippen LogP contribution in [0.5, 0.6) is 0 Å². The molecule has 4 rings (SSSR count). The van der Waals surface area contributed by atoms with Crippen LogP contribution >= 0.6 is 0 Å². The summed E-state index contributed by atoms with van der Waals surface area (Å²) in [6, 6.07) is 15.6. The van der Waals surface area contributed by atoms with Crippen molar-refractivity contribution in [3.05, 3.63) is 97.6 Å². The van der Waals surface area contributed by atoms with Gasteiger partial charge in [-0.3, -0.25) is 0 Å². The minimum atomic E-state index is -1.61. The van der Waals surface area contributed by atoms with Crippen LogP contribution in [0.1, 0.15) is 30.4 Å². The van der Waals surface area contributed by atoms with E-state index in [4.69, 9.17) is 25.3 Å². The Labute approximate surface area is 241 Å². The molecule has 2 aliphatic rings. The van der Waals surface area contributed by atoms with E-state index in [0.29, 0.717) is 6.42 Å². The molecule has 0 spiro atoms. The minimum Gasteiger partial charge on any atom is -0.445 e. The molecule has 2 fully saturated rings. The van der Waals surface area contributed by atoms with Crippen molar-refractivity contribution in [2.24, 2.45) is 15.4 Å². The molecule has 1 saturated carbocycles. The van der Waals surface area contributed by atoms with Crippen LogP contribution < -0.4 is 0 Å². The Hall–Kier alpha value is -4.23. The van der Waals surface area contributed by atoms with Gasteiger partial charge in [0.15, 0.2) is 6.29 Å². The van der Waals surface area contributed by atoms with Gasteiger partial charge < -0.3 is 29.3 Å². The van der Waals surface area contributed by atoms with Gasteiger partial charge in [-0.25, -0.2) is 4.79 Å².